The van der Waals surface area contributed by atoms with Crippen LogP contribution in [0, 0.1) is 5.82 Å². The molecule has 2 fully saturated rings. The van der Waals surface area contributed by atoms with E-state index in [9.17, 15) is 4.39 Å². The number of ether oxygens (including phenoxy) is 1. The summed E-state index contributed by atoms with van der Waals surface area (Å²) in [5.41, 5.74) is 0.972. The molecule has 2 unspecified atom stereocenters. The molecule has 5 heteroatoms. The lowest BCUT2D eigenvalue weighted by atomic mass is 9.97. The van der Waals surface area contributed by atoms with Gasteiger partial charge in [-0.15, -0.1) is 0 Å². The minimum absolute atomic E-state index is 0.0531. The van der Waals surface area contributed by atoms with Crippen molar-refractivity contribution < 1.29 is 9.13 Å². The summed E-state index contributed by atoms with van der Waals surface area (Å²) in [4.78, 5) is 2.48. The molecule has 1 aromatic carbocycles. The molecule has 1 N–H and O–H groups in total. The second-order valence-corrected chi connectivity index (χ2v) is 5.95. The highest BCUT2D eigenvalue weighted by atomic mass is 35.5. The van der Waals surface area contributed by atoms with Gasteiger partial charge in [0, 0.05) is 24.2 Å². The van der Waals surface area contributed by atoms with E-state index in [0.717, 1.165) is 25.3 Å². The zero-order valence-corrected chi connectivity index (χ0v) is 12.4. The third kappa shape index (κ3) is 2.84. The van der Waals surface area contributed by atoms with Crippen molar-refractivity contribution in [1.29, 1.82) is 0 Å². The van der Waals surface area contributed by atoms with Crippen LogP contribution >= 0.6 is 11.6 Å². The molecule has 0 bridgehead atoms. The Labute approximate surface area is 124 Å². The molecule has 0 spiro atoms. The molecule has 0 amide bonds. The lowest BCUT2D eigenvalue weighted by molar-refractivity contribution is -0.0739. The Hall–Kier alpha value is -0.680. The van der Waals surface area contributed by atoms with E-state index in [1.54, 1.807) is 6.07 Å². The summed E-state index contributed by atoms with van der Waals surface area (Å²) in [7, 11) is 1.92. The molecule has 1 aliphatic heterocycles. The van der Waals surface area contributed by atoms with Gasteiger partial charge in [0.05, 0.1) is 18.8 Å². The van der Waals surface area contributed by atoms with Crippen LogP contribution in [0.4, 0.5) is 4.39 Å². The van der Waals surface area contributed by atoms with Crippen LogP contribution in [0.15, 0.2) is 18.2 Å². The minimum atomic E-state index is -0.293. The summed E-state index contributed by atoms with van der Waals surface area (Å²) in [6.45, 7) is 2.43. The first kappa shape index (κ1) is 14.3. The average Bonchev–Trinajstić information content (AvgIpc) is 3.24. The predicted octanol–water partition coefficient (Wildman–Crippen LogP) is 2.60. The highest BCUT2D eigenvalue weighted by Crippen LogP contribution is 2.40. The van der Waals surface area contributed by atoms with Crippen molar-refractivity contribution in [3.63, 3.8) is 0 Å². The van der Waals surface area contributed by atoms with Gasteiger partial charge in [0.2, 0.25) is 0 Å². The van der Waals surface area contributed by atoms with Gasteiger partial charge >= 0.3 is 0 Å². The van der Waals surface area contributed by atoms with Crippen LogP contribution in [-0.4, -0.2) is 43.8 Å². The van der Waals surface area contributed by atoms with Gasteiger partial charge in [0.25, 0.3) is 0 Å². The summed E-state index contributed by atoms with van der Waals surface area (Å²) >= 11 is 6.28. The molecule has 1 aromatic rings. The van der Waals surface area contributed by atoms with Crippen molar-refractivity contribution in [3.8, 4) is 0 Å². The molecular formula is C15H20ClFN2O. The Morgan fingerprint density at radius 3 is 2.90 bits per heavy atom. The molecule has 20 heavy (non-hydrogen) atoms. The van der Waals surface area contributed by atoms with Crippen LogP contribution in [0.25, 0.3) is 0 Å². The molecule has 2 atom stereocenters. The number of nitrogens with one attached hydrogen (secondary N) is 1. The molecule has 1 saturated carbocycles. The lowest BCUT2D eigenvalue weighted by Crippen LogP contribution is -2.49. The summed E-state index contributed by atoms with van der Waals surface area (Å²) < 4.78 is 19.2. The van der Waals surface area contributed by atoms with Gasteiger partial charge in [-0.25, -0.2) is 4.39 Å². The van der Waals surface area contributed by atoms with E-state index in [-0.39, 0.29) is 18.0 Å². The third-order valence-electron chi connectivity index (χ3n) is 4.09. The Morgan fingerprint density at radius 2 is 2.25 bits per heavy atom. The Kier molecular flexibility index (Phi) is 4.26. The highest BCUT2D eigenvalue weighted by molar-refractivity contribution is 6.31. The Bertz CT molecular complexity index is 479. The van der Waals surface area contributed by atoms with Gasteiger partial charge in [0.1, 0.15) is 5.82 Å². The minimum Gasteiger partial charge on any atom is -0.374 e. The maximum atomic E-state index is 13.3. The normalized spacial score (nSPS) is 27.8. The first-order chi connectivity index (χ1) is 9.70. The van der Waals surface area contributed by atoms with Crippen molar-refractivity contribution in [2.24, 2.45) is 0 Å². The zero-order chi connectivity index (χ0) is 14.1. The number of nitrogens with zero attached hydrogens (tertiary/aromatic N) is 1. The van der Waals surface area contributed by atoms with E-state index in [1.807, 2.05) is 7.05 Å². The molecule has 110 valence electrons. The molecule has 3 rings (SSSR count). The van der Waals surface area contributed by atoms with E-state index in [0.29, 0.717) is 11.1 Å². The topological polar surface area (TPSA) is 24.5 Å². The number of morpholine rings is 1. The van der Waals surface area contributed by atoms with Crippen LogP contribution in [-0.2, 0) is 4.74 Å². The first-order valence-electron chi connectivity index (χ1n) is 7.17. The molecule has 1 saturated heterocycles. The first-order valence-corrected chi connectivity index (χ1v) is 7.55. The highest BCUT2D eigenvalue weighted by Gasteiger charge is 2.41. The van der Waals surface area contributed by atoms with E-state index in [1.165, 1.54) is 25.0 Å². The third-order valence-corrected chi connectivity index (χ3v) is 4.42. The average molecular weight is 299 g/mol. The largest absolute Gasteiger partial charge is 0.374 e. The van der Waals surface area contributed by atoms with Crippen molar-refractivity contribution in [2.45, 2.75) is 31.0 Å². The van der Waals surface area contributed by atoms with Crippen LogP contribution in [0.2, 0.25) is 5.02 Å². The van der Waals surface area contributed by atoms with E-state index < -0.39 is 0 Å². The number of hydrogen-bond acceptors (Lipinski definition) is 3. The van der Waals surface area contributed by atoms with Crippen LogP contribution in [0.3, 0.4) is 0 Å². The SMILES string of the molecule is CNCC1OCCN(C2CC2)C1c1ccc(F)cc1Cl. The van der Waals surface area contributed by atoms with Crippen molar-refractivity contribution in [1.82, 2.24) is 10.2 Å². The standard InChI is InChI=1S/C15H20ClFN2O/c1-18-9-14-15(12-5-2-10(17)8-13(12)16)19(6-7-20-14)11-3-4-11/h2,5,8,11,14-15,18H,3-4,6-7,9H2,1H3. The monoisotopic (exact) mass is 298 g/mol. The van der Waals surface area contributed by atoms with Gasteiger partial charge < -0.3 is 10.1 Å². The molecule has 1 aliphatic carbocycles. The predicted molar refractivity (Wildman–Crippen MR) is 77.5 cm³/mol. The lowest BCUT2D eigenvalue weighted by Gasteiger charge is -2.42. The summed E-state index contributed by atoms with van der Waals surface area (Å²) in [6.07, 6.45) is 2.53. The van der Waals surface area contributed by atoms with Crippen LogP contribution in [0.1, 0.15) is 24.4 Å². The second kappa shape index (κ2) is 5.98. The molecular weight excluding hydrogens is 279 g/mol. The summed E-state index contributed by atoms with van der Waals surface area (Å²) in [5, 5.41) is 3.67. The van der Waals surface area contributed by atoms with Gasteiger partial charge in [0.15, 0.2) is 0 Å². The number of benzene rings is 1. The number of rotatable bonds is 4. The van der Waals surface area contributed by atoms with E-state index >= 15 is 0 Å². The van der Waals surface area contributed by atoms with E-state index in [2.05, 4.69) is 10.2 Å². The summed E-state index contributed by atoms with van der Waals surface area (Å²) in [5.74, 6) is -0.293. The van der Waals surface area contributed by atoms with Crippen molar-refractivity contribution in [3.05, 3.63) is 34.6 Å². The quantitative estimate of drug-likeness (QED) is 0.925. The second-order valence-electron chi connectivity index (χ2n) is 5.55. The van der Waals surface area contributed by atoms with Gasteiger partial charge in [-0.2, -0.15) is 0 Å². The van der Waals surface area contributed by atoms with Gasteiger partial charge in [-0.05, 0) is 37.6 Å². The van der Waals surface area contributed by atoms with Gasteiger partial charge in [-0.3, -0.25) is 4.90 Å². The number of halogens is 2. The molecule has 0 radical (unpaired) electrons. The Morgan fingerprint density at radius 1 is 1.45 bits per heavy atom. The molecule has 1 heterocycles. The van der Waals surface area contributed by atoms with Crippen molar-refractivity contribution in [2.75, 3.05) is 26.7 Å². The smallest absolute Gasteiger partial charge is 0.124 e. The van der Waals surface area contributed by atoms with Crippen LogP contribution < -0.4 is 5.32 Å². The van der Waals surface area contributed by atoms with Gasteiger partial charge in [-0.1, -0.05) is 17.7 Å². The maximum absolute atomic E-state index is 13.3. The molecule has 0 aromatic heterocycles. The fraction of sp³-hybridized carbons (Fsp3) is 0.600. The number of likely N-dealkylation sites (N-methyl/N-ethyl adjacent to an activating group) is 1. The zero-order valence-electron chi connectivity index (χ0n) is 11.6. The van der Waals surface area contributed by atoms with Crippen molar-refractivity contribution >= 4 is 11.6 Å². The fourth-order valence-corrected chi connectivity index (χ4v) is 3.34. The summed E-state index contributed by atoms with van der Waals surface area (Å²) in [6, 6.07) is 5.42. The molecule has 2 aliphatic rings. The maximum Gasteiger partial charge on any atom is 0.124 e. The fourth-order valence-electron chi connectivity index (χ4n) is 3.06. The Balaban J connectivity index is 1.93. The van der Waals surface area contributed by atoms with E-state index in [4.69, 9.17) is 16.3 Å². The number of hydrogen-bond donors (Lipinski definition) is 1. The van der Waals surface area contributed by atoms with Crippen LogP contribution in [0.5, 0.6) is 0 Å². The molecule has 3 nitrogen and oxygen atoms in total.